The number of anilines is 1. The van der Waals surface area contributed by atoms with Crippen LogP contribution in [-0.2, 0) is 6.54 Å². The number of ketones is 1. The van der Waals surface area contributed by atoms with Crippen molar-refractivity contribution < 1.29 is 9.72 Å². The fourth-order valence-corrected chi connectivity index (χ4v) is 2.29. The Morgan fingerprint density at radius 1 is 1.42 bits per heavy atom. The summed E-state index contributed by atoms with van der Waals surface area (Å²) >= 11 is 1.58. The standard InChI is InChI=1S/C13H12N2O3S/c1-9(16)10-4-5-12(13(7-10)15(17)18)14-8-11-3-2-6-19-11/h2-7,14H,8H2,1H3. The third-order valence-corrected chi connectivity index (χ3v) is 3.51. The molecule has 0 saturated carbocycles. The van der Waals surface area contributed by atoms with Crippen molar-refractivity contribution in [3.63, 3.8) is 0 Å². The summed E-state index contributed by atoms with van der Waals surface area (Å²) in [4.78, 5) is 22.9. The lowest BCUT2D eigenvalue weighted by Crippen LogP contribution is -2.03. The van der Waals surface area contributed by atoms with Gasteiger partial charge in [-0.1, -0.05) is 6.07 Å². The second-order valence-electron chi connectivity index (χ2n) is 3.98. The predicted molar refractivity (Wildman–Crippen MR) is 74.7 cm³/mol. The number of carbonyl (C=O) groups is 1. The molecule has 0 unspecified atom stereocenters. The quantitative estimate of drug-likeness (QED) is 0.515. The van der Waals surface area contributed by atoms with Crippen molar-refractivity contribution in [1.82, 2.24) is 0 Å². The lowest BCUT2D eigenvalue weighted by Gasteiger charge is -2.06. The second kappa shape index (κ2) is 5.62. The highest BCUT2D eigenvalue weighted by atomic mass is 32.1. The average Bonchev–Trinajstić information content (AvgIpc) is 2.89. The monoisotopic (exact) mass is 276 g/mol. The summed E-state index contributed by atoms with van der Waals surface area (Å²) in [5.41, 5.74) is 0.682. The van der Waals surface area contributed by atoms with E-state index in [1.807, 2.05) is 17.5 Å². The van der Waals surface area contributed by atoms with Crippen LogP contribution < -0.4 is 5.32 Å². The molecule has 0 aliphatic heterocycles. The minimum Gasteiger partial charge on any atom is -0.375 e. The Morgan fingerprint density at radius 2 is 2.21 bits per heavy atom. The van der Waals surface area contributed by atoms with Crippen molar-refractivity contribution in [3.05, 3.63) is 56.3 Å². The third kappa shape index (κ3) is 3.17. The van der Waals surface area contributed by atoms with Gasteiger partial charge in [-0.05, 0) is 30.5 Å². The molecule has 0 spiro atoms. The van der Waals surface area contributed by atoms with Crippen LogP contribution in [0.5, 0.6) is 0 Å². The molecule has 0 aliphatic rings. The van der Waals surface area contributed by atoms with Gasteiger partial charge in [0.25, 0.3) is 5.69 Å². The van der Waals surface area contributed by atoms with Crippen LogP contribution in [0.4, 0.5) is 11.4 Å². The molecule has 0 radical (unpaired) electrons. The maximum atomic E-state index is 11.2. The zero-order chi connectivity index (χ0) is 13.8. The fraction of sp³-hybridized carbons (Fsp3) is 0.154. The molecule has 0 amide bonds. The normalized spacial score (nSPS) is 10.2. The van der Waals surface area contributed by atoms with Crippen molar-refractivity contribution in [3.8, 4) is 0 Å². The highest BCUT2D eigenvalue weighted by Crippen LogP contribution is 2.26. The molecule has 0 saturated heterocycles. The number of nitrogens with zero attached hydrogens (tertiary/aromatic N) is 1. The third-order valence-electron chi connectivity index (χ3n) is 2.63. The van der Waals surface area contributed by atoms with Gasteiger partial charge in [0.15, 0.2) is 5.78 Å². The van der Waals surface area contributed by atoms with E-state index < -0.39 is 4.92 Å². The van der Waals surface area contributed by atoms with E-state index >= 15 is 0 Å². The highest BCUT2D eigenvalue weighted by molar-refractivity contribution is 7.09. The molecule has 0 fully saturated rings. The van der Waals surface area contributed by atoms with Crippen molar-refractivity contribution in [2.75, 3.05) is 5.32 Å². The molecule has 0 atom stereocenters. The molecule has 1 N–H and O–H groups in total. The topological polar surface area (TPSA) is 72.2 Å². The van der Waals surface area contributed by atoms with Crippen LogP contribution in [0, 0.1) is 10.1 Å². The average molecular weight is 276 g/mol. The predicted octanol–water partition coefficient (Wildman–Crippen LogP) is 3.47. The lowest BCUT2D eigenvalue weighted by molar-refractivity contribution is -0.384. The van der Waals surface area contributed by atoms with E-state index in [0.29, 0.717) is 17.8 Å². The number of Topliss-reactive ketones (excluding diaryl/α,β-unsaturated/α-hetero) is 1. The molecule has 5 nitrogen and oxygen atoms in total. The summed E-state index contributed by atoms with van der Waals surface area (Å²) in [6.45, 7) is 1.91. The number of nitrogens with one attached hydrogen (secondary N) is 1. The summed E-state index contributed by atoms with van der Waals surface area (Å²) in [5, 5.41) is 16.0. The lowest BCUT2D eigenvalue weighted by atomic mass is 10.1. The number of nitro groups is 1. The Labute approximate surface area is 114 Å². The minimum atomic E-state index is -0.483. The Hall–Kier alpha value is -2.21. The smallest absolute Gasteiger partial charge is 0.293 e. The van der Waals surface area contributed by atoms with Gasteiger partial charge in [0.1, 0.15) is 5.69 Å². The maximum Gasteiger partial charge on any atom is 0.293 e. The number of thiophene rings is 1. The molecule has 6 heteroatoms. The molecule has 0 aliphatic carbocycles. The molecular weight excluding hydrogens is 264 g/mol. The van der Waals surface area contributed by atoms with Crippen molar-refractivity contribution in [1.29, 1.82) is 0 Å². The highest BCUT2D eigenvalue weighted by Gasteiger charge is 2.15. The molecule has 1 aromatic carbocycles. The van der Waals surface area contributed by atoms with Crippen LogP contribution in [0.1, 0.15) is 22.2 Å². The van der Waals surface area contributed by atoms with E-state index in [9.17, 15) is 14.9 Å². The summed E-state index contributed by atoms with van der Waals surface area (Å²) < 4.78 is 0. The van der Waals surface area contributed by atoms with E-state index in [2.05, 4.69) is 5.32 Å². The van der Waals surface area contributed by atoms with Gasteiger partial charge in [0.05, 0.1) is 4.92 Å². The molecule has 98 valence electrons. The SMILES string of the molecule is CC(=O)c1ccc(NCc2cccs2)c([N+](=O)[O-])c1. The molecule has 1 heterocycles. The van der Waals surface area contributed by atoms with Gasteiger partial charge in [-0.3, -0.25) is 14.9 Å². The number of benzene rings is 1. The van der Waals surface area contributed by atoms with Crippen molar-refractivity contribution >= 4 is 28.5 Å². The van der Waals surface area contributed by atoms with Crippen molar-refractivity contribution in [2.45, 2.75) is 13.5 Å². The summed E-state index contributed by atoms with van der Waals surface area (Å²) in [6.07, 6.45) is 0. The van der Waals surface area contributed by atoms with E-state index in [0.717, 1.165) is 4.88 Å². The van der Waals surface area contributed by atoms with Gasteiger partial charge in [-0.25, -0.2) is 0 Å². The van der Waals surface area contributed by atoms with Gasteiger partial charge >= 0.3 is 0 Å². The maximum absolute atomic E-state index is 11.2. The van der Waals surface area contributed by atoms with Gasteiger partial charge in [0, 0.05) is 23.1 Å². The van der Waals surface area contributed by atoms with Crippen LogP contribution in [0.25, 0.3) is 0 Å². The van der Waals surface area contributed by atoms with Crippen LogP contribution in [0.15, 0.2) is 35.7 Å². The van der Waals surface area contributed by atoms with Gasteiger partial charge in [0.2, 0.25) is 0 Å². The Morgan fingerprint density at radius 3 is 2.79 bits per heavy atom. The van der Waals surface area contributed by atoms with Crippen LogP contribution in [0.2, 0.25) is 0 Å². The van der Waals surface area contributed by atoms with Gasteiger partial charge in [-0.15, -0.1) is 11.3 Å². The summed E-state index contributed by atoms with van der Waals surface area (Å²) in [7, 11) is 0. The first-order valence-electron chi connectivity index (χ1n) is 5.63. The first-order chi connectivity index (χ1) is 9.08. The Balaban J connectivity index is 2.24. The zero-order valence-electron chi connectivity index (χ0n) is 10.3. The number of hydrogen-bond donors (Lipinski definition) is 1. The molecule has 19 heavy (non-hydrogen) atoms. The number of rotatable bonds is 5. The number of carbonyl (C=O) groups excluding carboxylic acids is 1. The molecule has 1 aromatic heterocycles. The molecule has 0 bridgehead atoms. The van der Waals surface area contributed by atoms with Gasteiger partial charge < -0.3 is 5.32 Å². The minimum absolute atomic E-state index is 0.0794. The van der Waals surface area contributed by atoms with E-state index in [1.165, 1.54) is 13.0 Å². The van der Waals surface area contributed by atoms with Crippen molar-refractivity contribution in [2.24, 2.45) is 0 Å². The zero-order valence-corrected chi connectivity index (χ0v) is 11.1. The molecule has 2 aromatic rings. The largest absolute Gasteiger partial charge is 0.375 e. The first-order valence-corrected chi connectivity index (χ1v) is 6.51. The molecule has 2 rings (SSSR count). The Bertz CT molecular complexity index is 608. The Kier molecular flexibility index (Phi) is 3.91. The van der Waals surface area contributed by atoms with E-state index in [4.69, 9.17) is 0 Å². The van der Waals surface area contributed by atoms with Gasteiger partial charge in [-0.2, -0.15) is 0 Å². The number of nitro benzene ring substituents is 1. The summed E-state index contributed by atoms with van der Waals surface area (Å²) in [5.74, 6) is -0.187. The van der Waals surface area contributed by atoms with E-state index in [-0.39, 0.29) is 11.5 Å². The summed E-state index contributed by atoms with van der Waals surface area (Å²) in [6, 6.07) is 8.34. The first kappa shape index (κ1) is 13.2. The van der Waals surface area contributed by atoms with Crippen LogP contribution >= 0.6 is 11.3 Å². The van der Waals surface area contributed by atoms with E-state index in [1.54, 1.807) is 23.5 Å². The van der Waals surface area contributed by atoms with Crippen LogP contribution in [0.3, 0.4) is 0 Å². The van der Waals surface area contributed by atoms with Crippen LogP contribution in [-0.4, -0.2) is 10.7 Å². The second-order valence-corrected chi connectivity index (χ2v) is 5.01. The number of hydrogen-bond acceptors (Lipinski definition) is 5. The molecular formula is C13H12N2O3S. The fourth-order valence-electron chi connectivity index (χ4n) is 1.65.